The zero-order valence-corrected chi connectivity index (χ0v) is 13.8. The number of nitrogens with one attached hydrogen (secondary N) is 2. The summed E-state index contributed by atoms with van der Waals surface area (Å²) in [4.78, 5) is 25.3. The molecule has 0 saturated carbocycles. The first kappa shape index (κ1) is 17.2. The van der Waals surface area contributed by atoms with E-state index in [0.29, 0.717) is 18.0 Å². The van der Waals surface area contributed by atoms with Crippen LogP contribution in [0.15, 0.2) is 47.8 Å². The molecule has 1 unspecified atom stereocenters. The highest BCUT2D eigenvalue weighted by molar-refractivity contribution is 7.12. The first-order valence-corrected chi connectivity index (χ1v) is 8.26. The highest BCUT2D eigenvalue weighted by atomic mass is 32.1. The molecular formula is C17H20N2O3S. The second-order valence-electron chi connectivity index (χ2n) is 4.93. The second-order valence-corrected chi connectivity index (χ2v) is 5.88. The van der Waals surface area contributed by atoms with Gasteiger partial charge in [0.2, 0.25) is 5.91 Å². The first-order valence-electron chi connectivity index (χ1n) is 7.38. The topological polar surface area (TPSA) is 67.4 Å². The highest BCUT2D eigenvalue weighted by Gasteiger charge is 2.23. The minimum atomic E-state index is -0.714. The smallest absolute Gasteiger partial charge is 0.262 e. The van der Waals surface area contributed by atoms with Crippen molar-refractivity contribution in [2.75, 3.05) is 20.3 Å². The van der Waals surface area contributed by atoms with Crippen LogP contribution in [0, 0.1) is 0 Å². The number of carbonyl (C=O) groups is 2. The minimum absolute atomic E-state index is 0.225. The molecule has 0 fully saturated rings. The van der Waals surface area contributed by atoms with E-state index in [2.05, 4.69) is 10.6 Å². The molecule has 0 aliphatic carbocycles. The average molecular weight is 332 g/mol. The molecule has 0 aliphatic heterocycles. The molecule has 122 valence electrons. The summed E-state index contributed by atoms with van der Waals surface area (Å²) in [5.74, 6) is -0.474. The third-order valence-corrected chi connectivity index (χ3v) is 4.11. The Morgan fingerprint density at radius 3 is 2.61 bits per heavy atom. The Morgan fingerprint density at radius 2 is 1.96 bits per heavy atom. The van der Waals surface area contributed by atoms with Gasteiger partial charge in [-0.25, -0.2) is 0 Å². The molecule has 0 saturated heterocycles. The predicted molar refractivity (Wildman–Crippen MR) is 90.5 cm³/mol. The Balaban J connectivity index is 2.06. The van der Waals surface area contributed by atoms with Crippen LogP contribution >= 0.6 is 11.3 Å². The van der Waals surface area contributed by atoms with Crippen LogP contribution in [-0.2, 0) is 9.53 Å². The molecule has 2 aromatic rings. The Bertz CT molecular complexity index is 614. The number of hydrogen-bond acceptors (Lipinski definition) is 4. The van der Waals surface area contributed by atoms with Crippen molar-refractivity contribution in [3.05, 3.63) is 58.3 Å². The van der Waals surface area contributed by atoms with Crippen LogP contribution < -0.4 is 10.6 Å². The monoisotopic (exact) mass is 332 g/mol. The van der Waals surface area contributed by atoms with E-state index < -0.39 is 6.04 Å². The van der Waals surface area contributed by atoms with Gasteiger partial charge in [-0.2, -0.15) is 0 Å². The number of carbonyl (C=O) groups excluding carboxylic acids is 2. The van der Waals surface area contributed by atoms with Crippen molar-refractivity contribution in [1.82, 2.24) is 10.6 Å². The molecule has 1 heterocycles. The van der Waals surface area contributed by atoms with Gasteiger partial charge in [-0.05, 0) is 23.4 Å². The molecule has 0 radical (unpaired) electrons. The number of methoxy groups -OCH3 is 1. The maximum Gasteiger partial charge on any atom is 0.262 e. The zero-order valence-electron chi connectivity index (χ0n) is 13.0. The van der Waals surface area contributed by atoms with Gasteiger partial charge in [0, 0.05) is 20.3 Å². The van der Waals surface area contributed by atoms with Crippen molar-refractivity contribution in [1.29, 1.82) is 0 Å². The molecule has 5 nitrogen and oxygen atoms in total. The number of amides is 2. The van der Waals surface area contributed by atoms with Crippen LogP contribution in [0.4, 0.5) is 0 Å². The lowest BCUT2D eigenvalue weighted by molar-refractivity contribution is -0.123. The second kappa shape index (κ2) is 9.07. The molecule has 1 aromatic heterocycles. The van der Waals surface area contributed by atoms with E-state index in [1.54, 1.807) is 13.2 Å². The lowest BCUT2D eigenvalue weighted by Gasteiger charge is -2.18. The predicted octanol–water partition coefficient (Wildman–Crippen LogP) is 2.37. The highest BCUT2D eigenvalue weighted by Crippen LogP contribution is 2.15. The third-order valence-electron chi connectivity index (χ3n) is 3.24. The maximum atomic E-state index is 12.4. The van der Waals surface area contributed by atoms with Crippen LogP contribution in [0.2, 0.25) is 0 Å². The Hall–Kier alpha value is -2.18. The van der Waals surface area contributed by atoms with E-state index in [1.165, 1.54) is 11.3 Å². The van der Waals surface area contributed by atoms with E-state index in [9.17, 15) is 9.59 Å². The molecule has 6 heteroatoms. The molecule has 1 atom stereocenters. The van der Waals surface area contributed by atoms with Gasteiger partial charge in [0.25, 0.3) is 5.91 Å². The molecule has 0 spiro atoms. The minimum Gasteiger partial charge on any atom is -0.385 e. The van der Waals surface area contributed by atoms with Crippen LogP contribution in [-0.4, -0.2) is 32.1 Å². The number of benzene rings is 1. The van der Waals surface area contributed by atoms with E-state index in [4.69, 9.17) is 4.74 Å². The quantitative estimate of drug-likeness (QED) is 0.729. The van der Waals surface area contributed by atoms with E-state index in [1.807, 2.05) is 41.8 Å². The Labute approximate surface area is 139 Å². The molecule has 1 aromatic carbocycles. The van der Waals surface area contributed by atoms with Crippen LogP contribution in [0.25, 0.3) is 0 Å². The summed E-state index contributed by atoms with van der Waals surface area (Å²) >= 11 is 1.34. The van der Waals surface area contributed by atoms with Crippen LogP contribution in [0.1, 0.15) is 27.7 Å². The number of ether oxygens (including phenoxy) is 1. The largest absolute Gasteiger partial charge is 0.385 e. The van der Waals surface area contributed by atoms with Crippen molar-refractivity contribution in [3.8, 4) is 0 Å². The molecule has 23 heavy (non-hydrogen) atoms. The van der Waals surface area contributed by atoms with Crippen LogP contribution in [0.3, 0.4) is 0 Å². The molecule has 2 amide bonds. The molecule has 0 aliphatic rings. The average Bonchev–Trinajstić information content (AvgIpc) is 3.11. The Morgan fingerprint density at radius 1 is 1.17 bits per heavy atom. The summed E-state index contributed by atoms with van der Waals surface area (Å²) in [5, 5.41) is 7.47. The number of rotatable bonds is 8. The van der Waals surface area contributed by atoms with Crippen molar-refractivity contribution in [2.24, 2.45) is 0 Å². The van der Waals surface area contributed by atoms with Crippen molar-refractivity contribution in [2.45, 2.75) is 12.5 Å². The van der Waals surface area contributed by atoms with Gasteiger partial charge >= 0.3 is 0 Å². The Kier molecular flexibility index (Phi) is 6.77. The summed E-state index contributed by atoms with van der Waals surface area (Å²) in [5.41, 5.74) is 0.752. The van der Waals surface area contributed by atoms with Crippen molar-refractivity contribution >= 4 is 23.2 Å². The van der Waals surface area contributed by atoms with E-state index in [0.717, 1.165) is 12.0 Å². The fraction of sp³-hybridized carbons (Fsp3) is 0.294. The van der Waals surface area contributed by atoms with Gasteiger partial charge in [0.1, 0.15) is 6.04 Å². The number of hydrogen-bond donors (Lipinski definition) is 2. The third kappa shape index (κ3) is 5.19. The fourth-order valence-electron chi connectivity index (χ4n) is 2.09. The summed E-state index contributed by atoms with van der Waals surface area (Å²) in [6.07, 6.45) is 0.725. The van der Waals surface area contributed by atoms with E-state index in [-0.39, 0.29) is 11.8 Å². The summed E-state index contributed by atoms with van der Waals surface area (Å²) in [6, 6.07) is 12.0. The summed E-state index contributed by atoms with van der Waals surface area (Å²) in [7, 11) is 1.62. The van der Waals surface area contributed by atoms with Gasteiger partial charge in [-0.15, -0.1) is 11.3 Å². The lowest BCUT2D eigenvalue weighted by Crippen LogP contribution is -2.40. The molecule has 2 N–H and O–H groups in total. The van der Waals surface area contributed by atoms with Gasteiger partial charge in [0.05, 0.1) is 4.88 Å². The van der Waals surface area contributed by atoms with Crippen molar-refractivity contribution < 1.29 is 14.3 Å². The fourth-order valence-corrected chi connectivity index (χ4v) is 2.71. The zero-order chi connectivity index (χ0) is 16.5. The van der Waals surface area contributed by atoms with E-state index >= 15 is 0 Å². The van der Waals surface area contributed by atoms with Gasteiger partial charge in [-0.3, -0.25) is 9.59 Å². The van der Waals surface area contributed by atoms with Gasteiger partial charge in [0.15, 0.2) is 0 Å². The number of thiophene rings is 1. The molecule has 0 bridgehead atoms. The SMILES string of the molecule is COCCCNC(=O)C(NC(=O)c1cccs1)c1ccccc1. The normalized spacial score (nSPS) is 11.7. The molecular weight excluding hydrogens is 312 g/mol. The summed E-state index contributed by atoms with van der Waals surface area (Å²) < 4.78 is 4.96. The van der Waals surface area contributed by atoms with Gasteiger partial charge < -0.3 is 15.4 Å². The van der Waals surface area contributed by atoms with Crippen molar-refractivity contribution in [3.63, 3.8) is 0 Å². The first-order chi connectivity index (χ1) is 11.2. The van der Waals surface area contributed by atoms with Crippen LogP contribution in [0.5, 0.6) is 0 Å². The molecule has 2 rings (SSSR count). The lowest BCUT2D eigenvalue weighted by atomic mass is 10.1. The van der Waals surface area contributed by atoms with Gasteiger partial charge in [-0.1, -0.05) is 36.4 Å². The maximum absolute atomic E-state index is 12.4. The summed E-state index contributed by atoms with van der Waals surface area (Å²) in [6.45, 7) is 1.09. The standard InChI is InChI=1S/C17H20N2O3S/c1-22-11-6-10-18-17(21)15(13-7-3-2-4-8-13)19-16(20)14-9-5-12-23-14/h2-5,7-9,12,15H,6,10-11H2,1H3,(H,18,21)(H,19,20).